The number of fused-ring (bicyclic) bond motifs is 1. The number of anilines is 1. The first kappa shape index (κ1) is 29.7. The first-order valence-corrected chi connectivity index (χ1v) is 12.8. The smallest absolute Gasteiger partial charge is 0.210 e. The summed E-state index contributed by atoms with van der Waals surface area (Å²) in [5.74, 6) is -3.05. The number of hydrogen-bond donors (Lipinski definition) is 0. The first-order chi connectivity index (χ1) is 17.8. The number of allylic oxidation sites excluding steroid dienone is 1. The third kappa shape index (κ3) is 5.48. The molecule has 0 aromatic heterocycles. The Morgan fingerprint density at radius 3 is 2.18 bits per heavy atom. The lowest BCUT2D eigenvalue weighted by molar-refractivity contribution is -0.455. The predicted octanol–water partition coefficient (Wildman–Crippen LogP) is 4.64. The van der Waals surface area contributed by atoms with E-state index in [1.807, 2.05) is 36.4 Å². The van der Waals surface area contributed by atoms with Crippen LogP contribution >= 0.6 is 0 Å². The van der Waals surface area contributed by atoms with Crippen LogP contribution in [0.15, 0.2) is 60.7 Å². The molecule has 202 valence electrons. The van der Waals surface area contributed by atoms with Gasteiger partial charge in [0.1, 0.15) is 5.75 Å². The van der Waals surface area contributed by atoms with Crippen LogP contribution in [0.4, 0.5) is 24.5 Å². The molecule has 0 fully saturated rings. The highest BCUT2D eigenvalue weighted by Gasteiger charge is 2.46. The summed E-state index contributed by atoms with van der Waals surface area (Å²) >= 11 is 0. The molecule has 0 saturated heterocycles. The van der Waals surface area contributed by atoms with Crippen LogP contribution in [0.2, 0.25) is 0 Å². The summed E-state index contributed by atoms with van der Waals surface area (Å²) in [6, 6.07) is 16.4. The molecular weight excluding hydrogens is 600 g/mol. The fourth-order valence-corrected chi connectivity index (χ4v) is 5.23. The van der Waals surface area contributed by atoms with Gasteiger partial charge in [-0.05, 0) is 57.5 Å². The Morgan fingerprint density at radius 1 is 0.921 bits per heavy atom. The van der Waals surface area contributed by atoms with Gasteiger partial charge in [-0.1, -0.05) is 25.1 Å². The van der Waals surface area contributed by atoms with Gasteiger partial charge in [0.05, 0.1) is 12.5 Å². The van der Waals surface area contributed by atoms with Crippen LogP contribution in [-0.4, -0.2) is 30.5 Å². The fraction of sp³-hybridized carbons (Fsp3) is 0.323. The van der Waals surface area contributed by atoms with Gasteiger partial charge < -0.3 is 33.6 Å². The number of halogens is 4. The SMILES string of the molecule is CCN(CC)c1ccc(/C=C/C2=[N+](Cc3cc(F)c(F)c(F)c3)c3ccccc3C2(C)CC)c(OC)c1.[I-]. The molecule has 0 amide bonds. The molecule has 38 heavy (non-hydrogen) atoms. The number of benzene rings is 3. The monoisotopic (exact) mass is 634 g/mol. The number of rotatable bonds is 9. The van der Waals surface area contributed by atoms with Crippen molar-refractivity contribution in [1.29, 1.82) is 0 Å². The number of ether oxygens (including phenoxy) is 1. The maximum atomic E-state index is 14.0. The zero-order valence-electron chi connectivity index (χ0n) is 22.5. The highest BCUT2D eigenvalue weighted by Crippen LogP contribution is 2.43. The second-order valence-electron chi connectivity index (χ2n) is 9.48. The van der Waals surface area contributed by atoms with Crippen molar-refractivity contribution in [3.63, 3.8) is 0 Å². The molecule has 1 aliphatic rings. The minimum atomic E-state index is -1.45. The minimum Gasteiger partial charge on any atom is -1.00 e. The molecule has 0 radical (unpaired) electrons. The number of nitrogens with zero attached hydrogens (tertiary/aromatic N) is 2. The van der Waals surface area contributed by atoms with E-state index in [-0.39, 0.29) is 35.9 Å². The molecule has 0 spiro atoms. The summed E-state index contributed by atoms with van der Waals surface area (Å²) < 4.78 is 49.5. The first-order valence-electron chi connectivity index (χ1n) is 12.8. The number of methoxy groups -OCH3 is 1. The topological polar surface area (TPSA) is 15.5 Å². The molecule has 3 aromatic rings. The van der Waals surface area contributed by atoms with Crippen LogP contribution in [0.25, 0.3) is 6.08 Å². The zero-order chi connectivity index (χ0) is 26.7. The van der Waals surface area contributed by atoms with Crippen LogP contribution in [0, 0.1) is 17.5 Å². The number of para-hydroxylation sites is 1. The van der Waals surface area contributed by atoms with E-state index in [9.17, 15) is 13.2 Å². The average Bonchev–Trinajstić information content (AvgIpc) is 3.14. The molecule has 0 N–H and O–H groups in total. The summed E-state index contributed by atoms with van der Waals surface area (Å²) in [5.41, 5.74) is 5.18. The Hall–Kier alpha value is -2.81. The van der Waals surface area contributed by atoms with Crippen LogP contribution in [0.1, 0.15) is 50.8 Å². The van der Waals surface area contributed by atoms with Gasteiger partial charge in [-0.15, -0.1) is 0 Å². The van der Waals surface area contributed by atoms with E-state index in [2.05, 4.69) is 55.4 Å². The van der Waals surface area contributed by atoms with Crippen LogP contribution in [-0.2, 0) is 12.0 Å². The molecule has 1 heterocycles. The summed E-state index contributed by atoms with van der Waals surface area (Å²) in [5, 5.41) is 0. The fourth-order valence-electron chi connectivity index (χ4n) is 5.23. The van der Waals surface area contributed by atoms with Gasteiger partial charge in [0, 0.05) is 53.7 Å². The second kappa shape index (κ2) is 12.4. The molecule has 1 unspecified atom stereocenters. The lowest BCUT2D eigenvalue weighted by Gasteiger charge is -2.22. The van der Waals surface area contributed by atoms with E-state index in [1.54, 1.807) is 7.11 Å². The van der Waals surface area contributed by atoms with E-state index in [0.29, 0.717) is 5.56 Å². The molecular formula is C31H34F3IN2O. The van der Waals surface area contributed by atoms with E-state index < -0.39 is 17.5 Å². The Labute approximate surface area is 240 Å². The molecule has 0 saturated carbocycles. The summed E-state index contributed by atoms with van der Waals surface area (Å²) in [7, 11) is 1.66. The van der Waals surface area contributed by atoms with Gasteiger partial charge in [0.2, 0.25) is 5.69 Å². The third-order valence-electron chi connectivity index (χ3n) is 7.50. The molecule has 4 rings (SSSR count). The van der Waals surface area contributed by atoms with E-state index in [1.165, 1.54) is 0 Å². The van der Waals surface area contributed by atoms with Crippen LogP contribution in [0.5, 0.6) is 5.75 Å². The Bertz CT molecular complexity index is 1340. The molecule has 1 atom stereocenters. The van der Waals surface area contributed by atoms with Crippen LogP contribution < -0.4 is 33.6 Å². The lowest BCUT2D eigenvalue weighted by Crippen LogP contribution is -3.00. The molecule has 0 aliphatic carbocycles. The molecule has 7 heteroatoms. The van der Waals surface area contributed by atoms with Gasteiger partial charge in [-0.2, -0.15) is 4.58 Å². The second-order valence-corrected chi connectivity index (χ2v) is 9.48. The van der Waals surface area contributed by atoms with Gasteiger partial charge >= 0.3 is 0 Å². The third-order valence-corrected chi connectivity index (χ3v) is 7.50. The van der Waals surface area contributed by atoms with Crippen molar-refractivity contribution in [1.82, 2.24) is 0 Å². The van der Waals surface area contributed by atoms with Crippen molar-refractivity contribution in [2.45, 2.75) is 46.1 Å². The van der Waals surface area contributed by atoms with Crippen molar-refractivity contribution in [2.75, 3.05) is 25.1 Å². The van der Waals surface area contributed by atoms with Crippen molar-refractivity contribution in [2.24, 2.45) is 0 Å². The van der Waals surface area contributed by atoms with E-state index >= 15 is 0 Å². The normalized spacial score (nSPS) is 16.5. The van der Waals surface area contributed by atoms with Crippen molar-refractivity contribution < 1.29 is 46.5 Å². The van der Waals surface area contributed by atoms with Gasteiger partial charge in [0.15, 0.2) is 29.7 Å². The molecule has 0 bridgehead atoms. The maximum Gasteiger partial charge on any atom is 0.210 e. The average molecular weight is 635 g/mol. The van der Waals surface area contributed by atoms with Gasteiger partial charge in [-0.25, -0.2) is 13.2 Å². The van der Waals surface area contributed by atoms with Gasteiger partial charge in [-0.3, -0.25) is 0 Å². The number of hydrogen-bond acceptors (Lipinski definition) is 2. The summed E-state index contributed by atoms with van der Waals surface area (Å²) in [6.07, 6.45) is 4.91. The molecule has 3 aromatic carbocycles. The Kier molecular flexibility index (Phi) is 9.68. The largest absolute Gasteiger partial charge is 1.00 e. The predicted molar refractivity (Wildman–Crippen MR) is 145 cm³/mol. The summed E-state index contributed by atoms with van der Waals surface area (Å²) in [6.45, 7) is 10.6. The van der Waals surface area contributed by atoms with Crippen molar-refractivity contribution >= 4 is 23.2 Å². The van der Waals surface area contributed by atoms with E-state index in [0.717, 1.165) is 65.6 Å². The highest BCUT2D eigenvalue weighted by molar-refractivity contribution is 6.05. The standard InChI is InChI=1S/C31H34F3N2O.HI/c1-6-31(4)24-11-9-10-12-27(24)36(20-21-17-25(32)30(34)26(33)18-21)29(31)16-14-22-13-15-23(19-28(22)37-5)35(7-2)8-3;/h9-19H,6-8,20H2,1-5H3;1H/q+1;/p-1. The van der Waals surface area contributed by atoms with Gasteiger partial charge in [0.25, 0.3) is 0 Å². The van der Waals surface area contributed by atoms with E-state index in [4.69, 9.17) is 4.74 Å². The Balaban J connectivity index is 0.00000400. The van der Waals surface area contributed by atoms with Crippen molar-refractivity contribution in [3.05, 3.63) is 94.8 Å². The zero-order valence-corrected chi connectivity index (χ0v) is 24.7. The molecule has 1 aliphatic heterocycles. The highest BCUT2D eigenvalue weighted by atomic mass is 127. The lowest BCUT2D eigenvalue weighted by atomic mass is 9.77. The molecule has 3 nitrogen and oxygen atoms in total. The Morgan fingerprint density at radius 2 is 1.58 bits per heavy atom. The summed E-state index contributed by atoms with van der Waals surface area (Å²) in [4.78, 5) is 2.26. The van der Waals surface area contributed by atoms with Crippen molar-refractivity contribution in [3.8, 4) is 5.75 Å². The minimum absolute atomic E-state index is 0. The quantitative estimate of drug-likeness (QED) is 0.194. The van der Waals surface area contributed by atoms with Crippen LogP contribution in [0.3, 0.4) is 0 Å². The maximum absolute atomic E-state index is 14.0.